The van der Waals surface area contributed by atoms with Crippen LogP contribution in [0.4, 0.5) is 0 Å². The normalized spacial score (nSPS) is 10.9. The Morgan fingerprint density at radius 1 is 0.0794 bits per heavy atom. The summed E-state index contributed by atoms with van der Waals surface area (Å²) in [6.07, 6.45) is 112. The summed E-state index contributed by atoms with van der Waals surface area (Å²) in [6.45, 7) is 82.3. The third-order valence-corrected chi connectivity index (χ3v) is 24.3. The van der Waals surface area contributed by atoms with Gasteiger partial charge in [-0.05, 0) is 71.0 Å². The van der Waals surface area contributed by atoms with Crippen LogP contribution in [0.5, 0.6) is 0 Å². The third kappa shape index (κ3) is 232. The van der Waals surface area contributed by atoms with Crippen molar-refractivity contribution in [3.63, 3.8) is 0 Å². The molecular weight excluding hydrogens is 1510 g/mol. The Labute approximate surface area is 815 Å². The van der Waals surface area contributed by atoms with Crippen LogP contribution in [0.2, 0.25) is 0 Å². The molecule has 0 radical (unpaired) electrons. The minimum atomic E-state index is 0.884. The maximum Gasteiger partial charge on any atom is -0.0471 e. The van der Waals surface area contributed by atoms with Crippen molar-refractivity contribution in [3.8, 4) is 0 Å². The molecule has 0 atom stereocenters. The molecule has 0 heteroatoms. The minimum Gasteiger partial charge on any atom is -0.0654 e. The summed E-state index contributed by atoms with van der Waals surface area (Å²) in [5.41, 5.74) is 0. The fourth-order valence-electron chi connectivity index (χ4n) is 14.8. The van der Waals surface area contributed by atoms with E-state index < -0.39 is 0 Å². The molecule has 0 nitrogen and oxygen atoms in total. The molecule has 0 saturated carbocycles. The Kier molecular flexibility index (Phi) is 178. The SMILES string of the molecule is CCC(C)C.CCCC(C)C.CCCCC(C)C.CCCCCC(C)C.CCCCCCC(C)C.CCCCCCCC(C)C.CCCCCCCCC(C)C.CCCCCCCCCC(C)C.CCCCCCCCCCC(C)C.CCCCCCCCCCCC(C)C.CCCCCCCCCCCCC(C)C.CCCCCCCCCCCCCC(C)C. The van der Waals surface area contributed by atoms with Crippen LogP contribution in [0.15, 0.2) is 0 Å². The van der Waals surface area contributed by atoms with E-state index in [0.29, 0.717) is 0 Å². The third-order valence-electron chi connectivity index (χ3n) is 24.3. The molecule has 0 spiro atoms. The van der Waals surface area contributed by atoms with Gasteiger partial charge in [0.05, 0.1) is 0 Å². The molecule has 126 heavy (non-hydrogen) atoms. The topological polar surface area (TPSA) is 0 Å². The highest BCUT2D eigenvalue weighted by Crippen LogP contribution is 2.21. The zero-order valence-electron chi connectivity index (χ0n) is 98.1. The Morgan fingerprint density at radius 3 is 0.238 bits per heavy atom. The van der Waals surface area contributed by atoms with Gasteiger partial charge in [0.25, 0.3) is 0 Å². The summed E-state index contributed by atoms with van der Waals surface area (Å²) in [5, 5.41) is 0. The van der Waals surface area contributed by atoms with Crippen molar-refractivity contribution in [1.29, 1.82) is 0 Å². The molecule has 0 bridgehead atoms. The first-order chi connectivity index (χ1) is 60.2. The van der Waals surface area contributed by atoms with Gasteiger partial charge in [0.2, 0.25) is 0 Å². The van der Waals surface area contributed by atoms with Crippen LogP contribution in [-0.4, -0.2) is 0 Å². The van der Waals surface area contributed by atoms with Crippen molar-refractivity contribution in [1.82, 2.24) is 0 Å². The van der Waals surface area contributed by atoms with Crippen molar-refractivity contribution in [2.45, 2.75) is 750 Å². The first-order valence-electron chi connectivity index (χ1n) is 60.2. The smallest absolute Gasteiger partial charge is 0.0471 e. The summed E-state index contributed by atoms with van der Waals surface area (Å²) in [7, 11) is 0. The summed E-state index contributed by atoms with van der Waals surface area (Å²) in [4.78, 5) is 0. The lowest BCUT2D eigenvalue weighted by molar-refractivity contribution is 0.504. The number of rotatable bonds is 78. The van der Waals surface area contributed by atoms with Gasteiger partial charge in [0.1, 0.15) is 0 Å². The Hall–Kier alpha value is 0. The van der Waals surface area contributed by atoms with Gasteiger partial charge in [-0.1, -0.05) is 750 Å². The standard InChI is InChI=1S/C16H34.C15H32.C14H30.C13H28.C12H26.C11H24.C10H22.C9H20.C8H18.C7H16.C6H14.C5H12/c1-4-5-6-7-8-9-10-11-12-13-14-15-16(2)3;1-4-5-6-7-8-9-10-11-12-13-14-15(2)3;1-4-5-6-7-8-9-10-11-12-13-14(2)3;1-4-5-6-7-8-9-10-11-12-13(2)3;1-4-5-6-7-8-9-10-11-12(2)3;1-4-5-6-7-8-9-10-11(2)3;1-4-5-6-7-8-9-10(2)3;1-4-5-6-7-8-9(2)3;1-4-5-6-7-8(2)3;1-4-5-6-7(2)3;1-4-5-6(2)3;1-4-5(2)3/h16H,4-15H2,1-3H3;15H,4-14H2,1-3H3;14H,4-13H2,1-3H3;13H,4-12H2,1-3H3;12H,4-11H2,1-3H3;11H,4-10H2,1-3H3;10H,4-9H2,1-3H3;9H,4-8H2,1-3H3;8H,4-7H2,1-3H3;7H,4-6H2,1-3H3;6H,4-5H2,1-3H3;5H,4H2,1-3H3. The summed E-state index contributed by atoms with van der Waals surface area (Å²) in [6, 6.07) is 0. The van der Waals surface area contributed by atoms with E-state index in [9.17, 15) is 0 Å². The molecule has 0 heterocycles. The van der Waals surface area contributed by atoms with E-state index in [-0.39, 0.29) is 0 Å². The summed E-state index contributed by atoms with van der Waals surface area (Å²) >= 11 is 0. The fraction of sp³-hybridized carbons (Fsp3) is 1.00. The van der Waals surface area contributed by atoms with Gasteiger partial charge in [-0.2, -0.15) is 0 Å². The van der Waals surface area contributed by atoms with Gasteiger partial charge in [0.15, 0.2) is 0 Å². The quantitative estimate of drug-likeness (QED) is 0.0533. The molecule has 0 N–H and O–H groups in total. The molecule has 0 unspecified atom stereocenters. The Morgan fingerprint density at radius 2 is 0.159 bits per heavy atom. The van der Waals surface area contributed by atoms with E-state index >= 15 is 0 Å². The lowest BCUT2D eigenvalue weighted by Crippen LogP contribution is -1.87. The van der Waals surface area contributed by atoms with Crippen LogP contribution in [-0.2, 0) is 0 Å². The molecule has 0 aliphatic heterocycles. The van der Waals surface area contributed by atoms with Crippen molar-refractivity contribution in [2.75, 3.05) is 0 Å². The molecular formula is C126H276. The Balaban J connectivity index is -0.000000114. The largest absolute Gasteiger partial charge is 0.0654 e. The lowest BCUT2D eigenvalue weighted by atomic mass is 10.0. The van der Waals surface area contributed by atoms with E-state index in [4.69, 9.17) is 0 Å². The maximum absolute atomic E-state index is 2.33. The Bertz CT molecular complexity index is 1530. The van der Waals surface area contributed by atoms with Crippen molar-refractivity contribution < 1.29 is 0 Å². The zero-order valence-corrected chi connectivity index (χ0v) is 98.1. The first-order valence-corrected chi connectivity index (χ1v) is 60.2. The van der Waals surface area contributed by atoms with Gasteiger partial charge in [0, 0.05) is 0 Å². The van der Waals surface area contributed by atoms with E-state index in [2.05, 4.69) is 249 Å². The number of unbranched alkanes of at least 4 members (excludes halogenated alkanes) is 55. The van der Waals surface area contributed by atoms with E-state index in [0.717, 1.165) is 71.0 Å². The second-order valence-electron chi connectivity index (χ2n) is 45.3. The van der Waals surface area contributed by atoms with Crippen LogP contribution in [0.25, 0.3) is 0 Å². The summed E-state index contributed by atoms with van der Waals surface area (Å²) < 4.78 is 0. The van der Waals surface area contributed by atoms with Gasteiger partial charge >= 0.3 is 0 Å². The second kappa shape index (κ2) is 148. The van der Waals surface area contributed by atoms with Gasteiger partial charge < -0.3 is 0 Å². The zero-order chi connectivity index (χ0) is 98.1. The number of hydrogen-bond acceptors (Lipinski definition) is 0. The predicted octanol–water partition coefficient (Wildman–Crippen LogP) is 50.4. The van der Waals surface area contributed by atoms with E-state index in [1.807, 2.05) is 0 Å². The molecule has 0 aromatic carbocycles. The van der Waals surface area contributed by atoms with E-state index in [1.54, 1.807) is 0 Å². The summed E-state index contributed by atoms with van der Waals surface area (Å²) in [5.74, 6) is 10.8. The fourth-order valence-corrected chi connectivity index (χ4v) is 14.8. The molecule has 0 rings (SSSR count). The molecule has 0 aliphatic carbocycles. The van der Waals surface area contributed by atoms with Crippen LogP contribution >= 0.6 is 0 Å². The second-order valence-corrected chi connectivity index (χ2v) is 45.3. The first kappa shape index (κ1) is 151. The van der Waals surface area contributed by atoms with Crippen molar-refractivity contribution >= 4 is 0 Å². The molecule has 0 aliphatic rings. The van der Waals surface area contributed by atoms with Gasteiger partial charge in [-0.3, -0.25) is 0 Å². The van der Waals surface area contributed by atoms with Crippen molar-refractivity contribution in [3.05, 3.63) is 0 Å². The monoisotopic (exact) mass is 1790 g/mol. The molecule has 780 valence electrons. The average Bonchev–Trinajstić information content (AvgIpc) is 1.11. The van der Waals surface area contributed by atoms with Crippen LogP contribution in [0.3, 0.4) is 0 Å². The molecule has 0 fully saturated rings. The molecule has 0 saturated heterocycles. The highest BCUT2D eigenvalue weighted by Gasteiger charge is 2.03. The maximum atomic E-state index is 2.33. The van der Waals surface area contributed by atoms with Crippen molar-refractivity contribution in [2.24, 2.45) is 71.0 Å². The molecule has 0 aromatic heterocycles. The van der Waals surface area contributed by atoms with Gasteiger partial charge in [-0.15, -0.1) is 0 Å². The predicted molar refractivity (Wildman–Crippen MR) is 606 cm³/mol. The lowest BCUT2D eigenvalue weighted by Gasteiger charge is -2.04. The number of hydrogen-bond donors (Lipinski definition) is 0. The van der Waals surface area contributed by atoms with Crippen LogP contribution in [0.1, 0.15) is 750 Å². The molecule has 0 aromatic rings. The molecule has 0 amide bonds. The van der Waals surface area contributed by atoms with Crippen LogP contribution in [0, 0.1) is 71.0 Å². The minimum absolute atomic E-state index is 0.884. The highest BCUT2D eigenvalue weighted by molar-refractivity contribution is 4.57. The highest BCUT2D eigenvalue weighted by atomic mass is 14.1. The van der Waals surface area contributed by atoms with Gasteiger partial charge in [-0.25, -0.2) is 0 Å². The average molecular weight is 1790 g/mol. The van der Waals surface area contributed by atoms with E-state index in [1.165, 1.54) is 501 Å². The van der Waals surface area contributed by atoms with Crippen LogP contribution < -0.4 is 0 Å².